The zero-order valence-corrected chi connectivity index (χ0v) is 23.1. The number of aliphatic hydroxyl groups is 3. The van der Waals surface area contributed by atoms with Crippen LogP contribution in [-0.4, -0.2) is 63.7 Å². The number of ketones is 1. The van der Waals surface area contributed by atoms with Gasteiger partial charge in [0, 0.05) is 12.6 Å². The molecule has 3 rings (SSSR count). The highest BCUT2D eigenvalue weighted by molar-refractivity contribution is 8.13. The van der Waals surface area contributed by atoms with Crippen molar-refractivity contribution >= 4 is 30.4 Å². The lowest BCUT2D eigenvalue weighted by Gasteiger charge is -2.23. The van der Waals surface area contributed by atoms with Crippen molar-refractivity contribution in [3.05, 3.63) is 66.0 Å². The van der Waals surface area contributed by atoms with Crippen molar-refractivity contribution in [1.29, 1.82) is 0 Å². The SMILES string of the molecule is CC(=O)c1ccc[n+]([C@@H]2O[C@H](COP(=O)(NCc3ccccc3)OCSC(=O)C(C)(C)CO)[C@H](O)C2O)c1. The van der Waals surface area contributed by atoms with Gasteiger partial charge in [-0.25, -0.2) is 9.65 Å². The van der Waals surface area contributed by atoms with Gasteiger partial charge in [0.05, 0.1) is 24.2 Å². The Balaban J connectivity index is 1.68. The smallest absolute Gasteiger partial charge is 0.395 e. The summed E-state index contributed by atoms with van der Waals surface area (Å²) in [5.74, 6) is -0.484. The number of rotatable bonds is 13. The Kier molecular flexibility index (Phi) is 10.8. The van der Waals surface area contributed by atoms with E-state index in [-0.39, 0.29) is 30.0 Å². The van der Waals surface area contributed by atoms with E-state index in [2.05, 4.69) is 5.09 Å². The molecule has 11 nitrogen and oxygen atoms in total. The minimum atomic E-state index is -4.02. The van der Waals surface area contributed by atoms with E-state index in [1.807, 2.05) is 30.3 Å². The molecule has 208 valence electrons. The summed E-state index contributed by atoms with van der Waals surface area (Å²) in [4.78, 5) is 24.0. The minimum Gasteiger partial charge on any atom is -0.395 e. The van der Waals surface area contributed by atoms with Crippen LogP contribution in [0.15, 0.2) is 54.9 Å². The van der Waals surface area contributed by atoms with Crippen LogP contribution in [0.3, 0.4) is 0 Å². The Hall–Kier alpha value is -1.99. The van der Waals surface area contributed by atoms with Gasteiger partial charge in [0.2, 0.25) is 0 Å². The number of benzene rings is 1. The van der Waals surface area contributed by atoms with Gasteiger partial charge in [-0.15, -0.1) is 0 Å². The summed E-state index contributed by atoms with van der Waals surface area (Å²) in [6, 6.07) is 12.3. The highest BCUT2D eigenvalue weighted by Crippen LogP contribution is 2.46. The van der Waals surface area contributed by atoms with E-state index in [1.165, 1.54) is 17.7 Å². The number of aliphatic hydroxyl groups excluding tert-OH is 3. The quantitative estimate of drug-likeness (QED) is 0.121. The first-order valence-corrected chi connectivity index (χ1v) is 14.5. The normalized spacial score (nSPS) is 23.2. The molecular weight excluding hydrogens is 535 g/mol. The third-order valence-electron chi connectivity index (χ3n) is 5.95. The lowest BCUT2D eigenvalue weighted by atomic mass is 9.97. The minimum absolute atomic E-state index is 0.131. The van der Waals surface area contributed by atoms with Crippen molar-refractivity contribution in [2.75, 3.05) is 19.2 Å². The monoisotopic (exact) mass is 569 g/mol. The van der Waals surface area contributed by atoms with Gasteiger partial charge in [-0.3, -0.25) is 18.6 Å². The molecule has 5 atom stereocenters. The van der Waals surface area contributed by atoms with Crippen molar-refractivity contribution in [3.63, 3.8) is 0 Å². The van der Waals surface area contributed by atoms with E-state index >= 15 is 0 Å². The number of carbonyl (C=O) groups is 2. The molecule has 1 aliphatic heterocycles. The molecule has 38 heavy (non-hydrogen) atoms. The number of hydrogen-bond donors (Lipinski definition) is 4. The first-order chi connectivity index (χ1) is 18.0. The first kappa shape index (κ1) is 30.6. The summed E-state index contributed by atoms with van der Waals surface area (Å²) in [5, 5.41) is 32.9. The maximum Gasteiger partial charge on any atom is 0.406 e. The van der Waals surface area contributed by atoms with Crippen molar-refractivity contribution in [1.82, 2.24) is 5.09 Å². The average molecular weight is 570 g/mol. The Morgan fingerprint density at radius 3 is 2.50 bits per heavy atom. The largest absolute Gasteiger partial charge is 0.406 e. The molecule has 0 saturated carbocycles. The topological polar surface area (TPSA) is 156 Å². The molecule has 0 spiro atoms. The second-order valence-electron chi connectivity index (χ2n) is 9.48. The van der Waals surface area contributed by atoms with Crippen LogP contribution in [0, 0.1) is 5.41 Å². The zero-order valence-electron chi connectivity index (χ0n) is 21.4. The fourth-order valence-corrected chi connectivity index (χ4v) is 5.77. The second kappa shape index (κ2) is 13.4. The van der Waals surface area contributed by atoms with Crippen molar-refractivity contribution in [3.8, 4) is 0 Å². The molecular formula is C25H34N2O9PS+. The van der Waals surface area contributed by atoms with Gasteiger partial charge in [-0.1, -0.05) is 42.1 Å². The Morgan fingerprint density at radius 2 is 1.84 bits per heavy atom. The number of pyridine rings is 1. The number of Topliss-reactive ketones (excluding diaryl/α,β-unsaturated/α-hetero) is 1. The summed E-state index contributed by atoms with van der Waals surface area (Å²) >= 11 is 0.752. The lowest BCUT2D eigenvalue weighted by molar-refractivity contribution is -0.765. The molecule has 2 unspecified atom stereocenters. The van der Waals surface area contributed by atoms with Gasteiger partial charge in [0.1, 0.15) is 18.1 Å². The first-order valence-electron chi connectivity index (χ1n) is 12.0. The van der Waals surface area contributed by atoms with E-state index in [0.29, 0.717) is 5.56 Å². The standard InChI is InChI=1S/C25H34N2O9PS/c1-17(29)19-10-7-11-27(13-19)23-22(31)21(30)20(36-23)14-34-37(33,26-12-18-8-5-4-6-9-18)35-16-38-24(32)25(2,3)15-28/h4-11,13,20-23,28,30-31H,12,14-16H2,1-3H3,(H,26,33)/q+1/t20-,21+,22?,23-,37?/m1/s1. The van der Waals surface area contributed by atoms with Crippen molar-refractivity contribution < 1.29 is 47.8 Å². The molecule has 0 bridgehead atoms. The molecule has 4 N–H and O–H groups in total. The molecule has 1 saturated heterocycles. The molecule has 0 aliphatic carbocycles. The summed E-state index contributed by atoms with van der Waals surface area (Å²) in [5.41, 5.74) is 0.206. The van der Waals surface area contributed by atoms with E-state index in [0.717, 1.165) is 17.3 Å². The summed E-state index contributed by atoms with van der Waals surface area (Å²) in [7, 11) is -4.02. The van der Waals surface area contributed by atoms with E-state index < -0.39 is 44.3 Å². The van der Waals surface area contributed by atoms with Crippen LogP contribution >= 0.6 is 19.5 Å². The Morgan fingerprint density at radius 1 is 1.13 bits per heavy atom. The summed E-state index contributed by atoms with van der Waals surface area (Å²) in [6.07, 6.45) is -1.71. The molecule has 1 aromatic heterocycles. The van der Waals surface area contributed by atoms with Gasteiger partial charge in [-0.05, 0) is 32.4 Å². The summed E-state index contributed by atoms with van der Waals surface area (Å²) in [6.45, 7) is 3.95. The fourth-order valence-electron chi connectivity index (χ4n) is 3.47. The average Bonchev–Trinajstić information content (AvgIpc) is 3.20. The summed E-state index contributed by atoms with van der Waals surface area (Å²) < 4.78 is 31.9. The lowest BCUT2D eigenvalue weighted by Crippen LogP contribution is -2.46. The molecule has 0 amide bonds. The number of nitrogens with one attached hydrogen (secondary N) is 1. The van der Waals surface area contributed by atoms with Gasteiger partial charge >= 0.3 is 7.75 Å². The van der Waals surface area contributed by atoms with Crippen LogP contribution in [0.4, 0.5) is 0 Å². The Labute approximate surface area is 225 Å². The van der Waals surface area contributed by atoms with Crippen LogP contribution < -0.4 is 9.65 Å². The molecule has 2 aromatic rings. The van der Waals surface area contributed by atoms with Crippen LogP contribution in [0.5, 0.6) is 0 Å². The van der Waals surface area contributed by atoms with Crippen LogP contribution in [0.1, 0.15) is 42.9 Å². The third-order valence-corrected chi connectivity index (χ3v) is 8.68. The van der Waals surface area contributed by atoms with E-state index in [9.17, 15) is 29.5 Å². The number of aromatic nitrogens is 1. The van der Waals surface area contributed by atoms with E-state index in [1.54, 1.807) is 32.2 Å². The molecule has 1 fully saturated rings. The highest BCUT2D eigenvalue weighted by atomic mass is 32.2. The number of hydrogen-bond acceptors (Lipinski definition) is 10. The van der Waals surface area contributed by atoms with Crippen molar-refractivity contribution in [2.45, 2.75) is 51.9 Å². The maximum absolute atomic E-state index is 13.5. The van der Waals surface area contributed by atoms with Gasteiger partial charge in [0.25, 0.3) is 6.23 Å². The van der Waals surface area contributed by atoms with Crippen LogP contribution in [0.2, 0.25) is 0 Å². The van der Waals surface area contributed by atoms with Gasteiger partial charge in [-0.2, -0.15) is 4.57 Å². The molecule has 13 heteroatoms. The zero-order chi connectivity index (χ0) is 27.9. The molecule has 2 heterocycles. The van der Waals surface area contributed by atoms with Gasteiger partial charge in [0.15, 0.2) is 29.4 Å². The number of carbonyl (C=O) groups excluding carboxylic acids is 2. The van der Waals surface area contributed by atoms with Crippen LogP contribution in [0.25, 0.3) is 0 Å². The predicted molar refractivity (Wildman–Crippen MR) is 139 cm³/mol. The predicted octanol–water partition coefficient (Wildman–Crippen LogP) is 1.96. The highest BCUT2D eigenvalue weighted by Gasteiger charge is 2.49. The number of ether oxygens (including phenoxy) is 1. The fraction of sp³-hybridized carbons (Fsp3) is 0.480. The molecule has 0 radical (unpaired) electrons. The van der Waals surface area contributed by atoms with Crippen molar-refractivity contribution in [2.24, 2.45) is 5.41 Å². The maximum atomic E-state index is 13.5. The van der Waals surface area contributed by atoms with E-state index in [4.69, 9.17) is 13.8 Å². The molecule has 1 aliphatic rings. The number of nitrogens with zero attached hydrogens (tertiary/aromatic N) is 1. The van der Waals surface area contributed by atoms with Gasteiger partial charge < -0.3 is 20.1 Å². The third kappa shape index (κ3) is 8.01. The molecule has 1 aromatic carbocycles. The van der Waals surface area contributed by atoms with Crippen LogP contribution in [-0.2, 0) is 29.7 Å². The Bertz CT molecular complexity index is 1150. The second-order valence-corrected chi connectivity index (χ2v) is 12.2. The number of thioether (sulfide) groups is 1.